The molecule has 2 rings (SSSR count). The van der Waals surface area contributed by atoms with E-state index in [0.29, 0.717) is 11.1 Å². The fourth-order valence-corrected chi connectivity index (χ4v) is 1.75. The molecule has 2 aromatic rings. The molecular weight excluding hydrogens is 290 g/mol. The summed E-state index contributed by atoms with van der Waals surface area (Å²) < 4.78 is 10.4. The number of carbonyl (C=O) groups is 1. The lowest BCUT2D eigenvalue weighted by atomic mass is 10.2. The monoisotopic (exact) mass is 303 g/mol. The largest absolute Gasteiger partial charge is 0.493 e. The van der Waals surface area contributed by atoms with Gasteiger partial charge in [0.15, 0.2) is 11.5 Å². The van der Waals surface area contributed by atoms with Gasteiger partial charge in [0.2, 0.25) is 0 Å². The standard InChI is InChI=1S/C15H13NO6/c1-20-14-9-11(10-21-16(18)19)7-8-13(14)22-15(17)12-5-3-2-4-6-12/h2-9H,10H2,1H3. The Hall–Kier alpha value is -3.09. The predicted molar refractivity (Wildman–Crippen MR) is 76.2 cm³/mol. The second-order valence-electron chi connectivity index (χ2n) is 4.24. The maximum atomic E-state index is 12.0. The van der Waals surface area contributed by atoms with Crippen LogP contribution in [-0.2, 0) is 11.4 Å². The van der Waals surface area contributed by atoms with E-state index in [1.54, 1.807) is 36.4 Å². The number of ether oxygens (including phenoxy) is 2. The Morgan fingerprint density at radius 1 is 1.14 bits per heavy atom. The van der Waals surface area contributed by atoms with Crippen molar-refractivity contribution < 1.29 is 24.2 Å². The zero-order valence-electron chi connectivity index (χ0n) is 11.7. The van der Waals surface area contributed by atoms with Crippen molar-refractivity contribution in [1.29, 1.82) is 0 Å². The van der Waals surface area contributed by atoms with Crippen LogP contribution in [0.2, 0.25) is 0 Å². The minimum absolute atomic E-state index is 0.212. The van der Waals surface area contributed by atoms with E-state index in [4.69, 9.17) is 9.47 Å². The summed E-state index contributed by atoms with van der Waals surface area (Å²) >= 11 is 0. The summed E-state index contributed by atoms with van der Waals surface area (Å²) in [6.07, 6.45) is 0. The molecule has 7 heteroatoms. The van der Waals surface area contributed by atoms with Crippen LogP contribution in [0.4, 0.5) is 0 Å². The number of hydrogen-bond acceptors (Lipinski definition) is 6. The van der Waals surface area contributed by atoms with Crippen LogP contribution in [0.5, 0.6) is 11.5 Å². The van der Waals surface area contributed by atoms with Gasteiger partial charge in [-0.05, 0) is 29.8 Å². The van der Waals surface area contributed by atoms with Crippen molar-refractivity contribution in [3.8, 4) is 11.5 Å². The van der Waals surface area contributed by atoms with Crippen molar-refractivity contribution in [3.05, 3.63) is 69.8 Å². The summed E-state index contributed by atoms with van der Waals surface area (Å²) in [5.41, 5.74) is 0.929. The van der Waals surface area contributed by atoms with Gasteiger partial charge in [-0.1, -0.05) is 24.3 Å². The summed E-state index contributed by atoms with van der Waals surface area (Å²) in [6.45, 7) is -0.212. The molecule has 0 atom stereocenters. The molecule has 0 unspecified atom stereocenters. The number of nitrogens with zero attached hydrogens (tertiary/aromatic N) is 1. The first-order chi connectivity index (χ1) is 10.6. The van der Waals surface area contributed by atoms with E-state index >= 15 is 0 Å². The highest BCUT2D eigenvalue weighted by Gasteiger charge is 2.13. The fraction of sp³-hybridized carbons (Fsp3) is 0.133. The molecule has 0 aliphatic rings. The van der Waals surface area contributed by atoms with Gasteiger partial charge in [0.05, 0.1) is 12.7 Å². The van der Waals surface area contributed by atoms with E-state index in [1.807, 2.05) is 0 Å². The van der Waals surface area contributed by atoms with E-state index in [-0.39, 0.29) is 18.1 Å². The number of carbonyl (C=O) groups excluding carboxylic acids is 1. The second kappa shape index (κ2) is 7.07. The third-order valence-electron chi connectivity index (χ3n) is 2.78. The molecule has 0 heterocycles. The number of esters is 1. The van der Waals surface area contributed by atoms with Crippen molar-refractivity contribution in [3.63, 3.8) is 0 Å². The Kier molecular flexibility index (Phi) is 4.92. The highest BCUT2D eigenvalue weighted by Crippen LogP contribution is 2.29. The van der Waals surface area contributed by atoms with E-state index in [2.05, 4.69) is 4.84 Å². The van der Waals surface area contributed by atoms with Crippen molar-refractivity contribution in [2.45, 2.75) is 6.61 Å². The summed E-state index contributed by atoms with van der Waals surface area (Å²) in [6, 6.07) is 13.1. The van der Waals surface area contributed by atoms with Crippen molar-refractivity contribution in [2.24, 2.45) is 0 Å². The van der Waals surface area contributed by atoms with Crippen LogP contribution in [0.15, 0.2) is 48.5 Å². The summed E-state index contributed by atoms with van der Waals surface area (Å²) in [7, 11) is 1.41. The molecule has 0 aliphatic heterocycles. The van der Waals surface area contributed by atoms with Gasteiger partial charge in [0.25, 0.3) is 5.09 Å². The van der Waals surface area contributed by atoms with Gasteiger partial charge in [-0.25, -0.2) is 4.79 Å². The van der Waals surface area contributed by atoms with Crippen LogP contribution < -0.4 is 9.47 Å². The maximum absolute atomic E-state index is 12.0. The zero-order chi connectivity index (χ0) is 15.9. The topological polar surface area (TPSA) is 87.9 Å². The third-order valence-corrected chi connectivity index (χ3v) is 2.78. The first kappa shape index (κ1) is 15.3. The highest BCUT2D eigenvalue weighted by molar-refractivity contribution is 5.91. The Bertz CT molecular complexity index is 671. The molecule has 7 nitrogen and oxygen atoms in total. The number of hydrogen-bond donors (Lipinski definition) is 0. The van der Waals surface area contributed by atoms with Gasteiger partial charge < -0.3 is 14.3 Å². The summed E-state index contributed by atoms with van der Waals surface area (Å²) in [5, 5.41) is 9.30. The maximum Gasteiger partial charge on any atom is 0.343 e. The molecule has 22 heavy (non-hydrogen) atoms. The fourth-order valence-electron chi connectivity index (χ4n) is 1.75. The van der Waals surface area contributed by atoms with E-state index < -0.39 is 11.1 Å². The summed E-state index contributed by atoms with van der Waals surface area (Å²) in [5.74, 6) is -0.0110. The van der Waals surface area contributed by atoms with Gasteiger partial charge in [0.1, 0.15) is 6.61 Å². The molecule has 0 aromatic heterocycles. The van der Waals surface area contributed by atoms with E-state index in [1.165, 1.54) is 19.2 Å². The number of rotatable bonds is 6. The van der Waals surface area contributed by atoms with Crippen molar-refractivity contribution in [1.82, 2.24) is 0 Å². The Balaban J connectivity index is 2.14. The van der Waals surface area contributed by atoms with Gasteiger partial charge in [-0.15, -0.1) is 10.1 Å². The molecule has 0 N–H and O–H groups in total. The molecule has 0 spiro atoms. The minimum Gasteiger partial charge on any atom is -0.493 e. The first-order valence-corrected chi connectivity index (χ1v) is 6.31. The normalized spacial score (nSPS) is 9.86. The quantitative estimate of drug-likeness (QED) is 0.353. The average molecular weight is 303 g/mol. The summed E-state index contributed by atoms with van der Waals surface area (Å²) in [4.78, 5) is 26.4. The number of methoxy groups -OCH3 is 1. The SMILES string of the molecule is COc1cc(CO[N+](=O)[O-])ccc1OC(=O)c1ccccc1. The lowest BCUT2D eigenvalue weighted by Gasteiger charge is -2.10. The molecule has 0 amide bonds. The van der Waals surface area contributed by atoms with E-state index in [0.717, 1.165) is 0 Å². The van der Waals surface area contributed by atoms with Crippen LogP contribution in [0.25, 0.3) is 0 Å². The Labute approximate surface area is 126 Å². The molecule has 2 aromatic carbocycles. The minimum atomic E-state index is -0.879. The Morgan fingerprint density at radius 2 is 1.86 bits per heavy atom. The van der Waals surface area contributed by atoms with Crippen molar-refractivity contribution >= 4 is 5.97 Å². The molecule has 0 radical (unpaired) electrons. The van der Waals surface area contributed by atoms with Gasteiger partial charge in [-0.3, -0.25) is 0 Å². The molecule has 0 fully saturated rings. The lowest BCUT2D eigenvalue weighted by Crippen LogP contribution is -2.09. The molecule has 0 bridgehead atoms. The van der Waals surface area contributed by atoms with Crippen molar-refractivity contribution in [2.75, 3.05) is 7.11 Å². The number of benzene rings is 2. The Morgan fingerprint density at radius 3 is 2.50 bits per heavy atom. The van der Waals surface area contributed by atoms with Gasteiger partial charge >= 0.3 is 5.97 Å². The lowest BCUT2D eigenvalue weighted by molar-refractivity contribution is -0.763. The molecule has 114 valence electrons. The van der Waals surface area contributed by atoms with Gasteiger partial charge in [-0.2, -0.15) is 0 Å². The predicted octanol–water partition coefficient (Wildman–Crippen LogP) is 2.62. The second-order valence-corrected chi connectivity index (χ2v) is 4.24. The van der Waals surface area contributed by atoms with Crippen LogP contribution in [0.3, 0.4) is 0 Å². The van der Waals surface area contributed by atoms with E-state index in [9.17, 15) is 14.9 Å². The first-order valence-electron chi connectivity index (χ1n) is 6.31. The van der Waals surface area contributed by atoms with Crippen LogP contribution in [0.1, 0.15) is 15.9 Å². The van der Waals surface area contributed by atoms with Crippen LogP contribution >= 0.6 is 0 Å². The molecule has 0 aliphatic carbocycles. The third kappa shape index (κ3) is 3.95. The molecular formula is C15H13NO6. The highest BCUT2D eigenvalue weighted by atomic mass is 16.9. The van der Waals surface area contributed by atoms with Crippen LogP contribution in [-0.4, -0.2) is 18.2 Å². The van der Waals surface area contributed by atoms with Gasteiger partial charge in [0, 0.05) is 0 Å². The average Bonchev–Trinajstić information content (AvgIpc) is 2.54. The smallest absolute Gasteiger partial charge is 0.343 e. The zero-order valence-corrected chi connectivity index (χ0v) is 11.7. The molecule has 0 saturated heterocycles. The molecule has 0 saturated carbocycles. The van der Waals surface area contributed by atoms with Crippen LogP contribution in [0, 0.1) is 10.1 Å².